The minimum Gasteiger partial charge on any atom is -0.339 e. The van der Waals surface area contributed by atoms with Gasteiger partial charge >= 0.3 is 5.69 Å². The molecule has 0 aliphatic heterocycles. The molecule has 1 rings (SSSR count). The number of amides is 1. The van der Waals surface area contributed by atoms with Crippen LogP contribution in [0.2, 0.25) is 0 Å². The molecule has 7 nitrogen and oxygen atoms in total. The maximum atomic E-state index is 12.5. The van der Waals surface area contributed by atoms with Crippen molar-refractivity contribution in [3.8, 4) is 0 Å². The van der Waals surface area contributed by atoms with E-state index in [4.69, 9.17) is 5.84 Å². The van der Waals surface area contributed by atoms with Crippen molar-refractivity contribution in [3.63, 3.8) is 0 Å². The number of carbonyl (C=O) groups is 1. The molecule has 0 aliphatic carbocycles. The molecular formula is C13H20N4O3S. The number of hydrogen-bond acceptors (Lipinski definition) is 6. The average Bonchev–Trinajstić information content (AvgIpc) is 2.49. The van der Waals surface area contributed by atoms with E-state index in [1.54, 1.807) is 24.9 Å². The summed E-state index contributed by atoms with van der Waals surface area (Å²) in [5.41, 5.74) is 2.12. The minimum atomic E-state index is -0.594. The first-order chi connectivity index (χ1) is 9.93. The number of thioether (sulfide) groups is 1. The number of nitro benzene ring substituents is 1. The van der Waals surface area contributed by atoms with E-state index in [0.717, 1.165) is 12.2 Å². The fourth-order valence-electron chi connectivity index (χ4n) is 1.90. The highest BCUT2D eigenvalue weighted by Crippen LogP contribution is 2.29. The molecular weight excluding hydrogens is 292 g/mol. The third-order valence-electron chi connectivity index (χ3n) is 3.33. The van der Waals surface area contributed by atoms with Crippen molar-refractivity contribution in [2.75, 3.05) is 24.5 Å². The molecule has 0 radical (unpaired) electrons. The third kappa shape index (κ3) is 4.08. The second-order valence-electron chi connectivity index (χ2n) is 4.65. The Labute approximate surface area is 128 Å². The molecule has 0 aliphatic rings. The van der Waals surface area contributed by atoms with Crippen molar-refractivity contribution >= 4 is 29.0 Å². The number of nitrogens with zero attached hydrogens (tertiary/aromatic N) is 2. The van der Waals surface area contributed by atoms with Crippen LogP contribution in [0.5, 0.6) is 0 Å². The van der Waals surface area contributed by atoms with Gasteiger partial charge in [0.2, 0.25) is 0 Å². The number of nitrogen functional groups attached to an aromatic ring is 1. The maximum Gasteiger partial charge on any atom is 0.306 e. The number of rotatable bonds is 7. The Kier molecular flexibility index (Phi) is 6.44. The summed E-state index contributed by atoms with van der Waals surface area (Å²) in [7, 11) is 1.65. The van der Waals surface area contributed by atoms with Gasteiger partial charge in [-0.3, -0.25) is 20.8 Å². The van der Waals surface area contributed by atoms with Crippen molar-refractivity contribution in [1.82, 2.24) is 4.90 Å². The van der Waals surface area contributed by atoms with Crippen LogP contribution in [0.4, 0.5) is 11.4 Å². The van der Waals surface area contributed by atoms with Gasteiger partial charge in [0, 0.05) is 13.1 Å². The number of carbonyl (C=O) groups excluding carboxylic acids is 1. The Morgan fingerprint density at radius 2 is 2.24 bits per heavy atom. The Morgan fingerprint density at radius 1 is 1.57 bits per heavy atom. The molecule has 1 unspecified atom stereocenters. The van der Waals surface area contributed by atoms with Crippen LogP contribution in [0, 0.1) is 10.1 Å². The zero-order chi connectivity index (χ0) is 16.0. The molecule has 1 aromatic rings. The Balaban J connectivity index is 3.09. The summed E-state index contributed by atoms with van der Waals surface area (Å²) in [4.78, 5) is 24.6. The summed E-state index contributed by atoms with van der Waals surface area (Å²) in [5.74, 6) is 5.82. The van der Waals surface area contributed by atoms with Gasteiger partial charge < -0.3 is 10.3 Å². The molecule has 0 bridgehead atoms. The highest BCUT2D eigenvalue weighted by atomic mass is 32.2. The van der Waals surface area contributed by atoms with Crippen LogP contribution in [0.1, 0.15) is 23.7 Å². The lowest BCUT2D eigenvalue weighted by Crippen LogP contribution is -2.35. The van der Waals surface area contributed by atoms with E-state index in [1.165, 1.54) is 17.0 Å². The topological polar surface area (TPSA) is 102 Å². The quantitative estimate of drug-likeness (QED) is 0.454. The first-order valence-electron chi connectivity index (χ1n) is 6.44. The van der Waals surface area contributed by atoms with Gasteiger partial charge in [-0.25, -0.2) is 0 Å². The van der Waals surface area contributed by atoms with E-state index in [9.17, 15) is 14.9 Å². The van der Waals surface area contributed by atoms with Crippen molar-refractivity contribution in [2.45, 2.75) is 19.4 Å². The summed E-state index contributed by atoms with van der Waals surface area (Å²) < 4.78 is 0. The number of para-hydroxylation sites is 1. The molecule has 8 heteroatoms. The zero-order valence-corrected chi connectivity index (χ0v) is 13.1. The average molecular weight is 312 g/mol. The SMILES string of the molecule is CSCCC(C)N(C)C(=O)c1cccc(NN)c1[N+](=O)[O-]. The van der Waals surface area contributed by atoms with E-state index in [2.05, 4.69) is 5.43 Å². The highest BCUT2D eigenvalue weighted by Gasteiger charge is 2.27. The lowest BCUT2D eigenvalue weighted by Gasteiger charge is -2.25. The lowest BCUT2D eigenvalue weighted by atomic mass is 10.1. The minimum absolute atomic E-state index is 0.000883. The van der Waals surface area contributed by atoms with Crippen LogP contribution in [0.25, 0.3) is 0 Å². The molecule has 3 N–H and O–H groups in total. The van der Waals surface area contributed by atoms with Crippen molar-refractivity contribution in [3.05, 3.63) is 33.9 Å². The van der Waals surface area contributed by atoms with Gasteiger partial charge in [-0.15, -0.1) is 0 Å². The molecule has 1 aromatic carbocycles. The number of anilines is 1. The number of nitro groups is 1. The summed E-state index contributed by atoms with van der Waals surface area (Å²) in [6.45, 7) is 1.92. The van der Waals surface area contributed by atoms with Gasteiger partial charge in [-0.1, -0.05) is 6.07 Å². The van der Waals surface area contributed by atoms with Gasteiger partial charge in [0.1, 0.15) is 11.3 Å². The van der Waals surface area contributed by atoms with Gasteiger partial charge in [-0.05, 0) is 37.5 Å². The number of hydrazine groups is 1. The number of nitrogens with one attached hydrogen (secondary N) is 1. The van der Waals surface area contributed by atoms with E-state index in [1.807, 2.05) is 13.2 Å². The monoisotopic (exact) mass is 312 g/mol. The third-order valence-corrected chi connectivity index (χ3v) is 3.97. The van der Waals surface area contributed by atoms with E-state index in [-0.39, 0.29) is 28.9 Å². The van der Waals surface area contributed by atoms with Crippen LogP contribution < -0.4 is 11.3 Å². The highest BCUT2D eigenvalue weighted by molar-refractivity contribution is 7.98. The maximum absolute atomic E-state index is 12.5. The standard InChI is InChI=1S/C13H20N4O3S/c1-9(7-8-21-3)16(2)13(18)10-5-4-6-11(15-14)12(10)17(19)20/h4-6,9,15H,7-8,14H2,1-3H3. The first-order valence-corrected chi connectivity index (χ1v) is 7.83. The summed E-state index contributed by atoms with van der Waals surface area (Å²) in [6, 6.07) is 4.47. The summed E-state index contributed by atoms with van der Waals surface area (Å²) in [5, 5.41) is 11.2. The predicted molar refractivity (Wildman–Crippen MR) is 85.5 cm³/mol. The van der Waals surface area contributed by atoms with E-state index >= 15 is 0 Å². The van der Waals surface area contributed by atoms with Crippen LogP contribution in [0.15, 0.2) is 18.2 Å². The first kappa shape index (κ1) is 17.3. The van der Waals surface area contributed by atoms with Crippen LogP contribution in [-0.2, 0) is 0 Å². The number of benzene rings is 1. The van der Waals surface area contributed by atoms with Crippen LogP contribution >= 0.6 is 11.8 Å². The van der Waals surface area contributed by atoms with Crippen molar-refractivity contribution < 1.29 is 9.72 Å². The fourth-order valence-corrected chi connectivity index (χ4v) is 2.48. The van der Waals surface area contributed by atoms with Crippen LogP contribution in [0.3, 0.4) is 0 Å². The predicted octanol–water partition coefficient (Wildman–Crippen LogP) is 2.09. The van der Waals surface area contributed by atoms with E-state index in [0.29, 0.717) is 0 Å². The Hall–Kier alpha value is -1.80. The number of nitrogens with two attached hydrogens (primary N) is 1. The van der Waals surface area contributed by atoms with Gasteiger partial charge in [0.15, 0.2) is 0 Å². The number of hydrogen-bond donors (Lipinski definition) is 2. The second-order valence-corrected chi connectivity index (χ2v) is 5.64. The van der Waals surface area contributed by atoms with Gasteiger partial charge in [-0.2, -0.15) is 11.8 Å². The largest absolute Gasteiger partial charge is 0.339 e. The van der Waals surface area contributed by atoms with Crippen molar-refractivity contribution in [1.29, 1.82) is 0 Å². The molecule has 116 valence electrons. The normalized spacial score (nSPS) is 11.8. The van der Waals surface area contributed by atoms with Gasteiger partial charge in [0.25, 0.3) is 5.91 Å². The molecule has 0 aromatic heterocycles. The molecule has 0 heterocycles. The summed E-state index contributed by atoms with van der Waals surface area (Å²) in [6.07, 6.45) is 2.82. The molecule has 0 spiro atoms. The van der Waals surface area contributed by atoms with Gasteiger partial charge in [0.05, 0.1) is 4.92 Å². The fraction of sp³-hybridized carbons (Fsp3) is 0.462. The molecule has 0 saturated carbocycles. The smallest absolute Gasteiger partial charge is 0.306 e. The van der Waals surface area contributed by atoms with Crippen molar-refractivity contribution in [2.24, 2.45) is 5.84 Å². The Bertz CT molecular complexity index is 524. The summed E-state index contributed by atoms with van der Waals surface area (Å²) >= 11 is 1.70. The van der Waals surface area contributed by atoms with Crippen LogP contribution in [-0.4, -0.2) is 40.8 Å². The molecule has 1 atom stereocenters. The lowest BCUT2D eigenvalue weighted by molar-refractivity contribution is -0.384. The zero-order valence-electron chi connectivity index (χ0n) is 12.3. The second kappa shape index (κ2) is 7.84. The molecule has 0 fully saturated rings. The molecule has 1 amide bonds. The van der Waals surface area contributed by atoms with E-state index < -0.39 is 4.92 Å². The molecule has 0 saturated heterocycles. The molecule has 21 heavy (non-hydrogen) atoms. The Morgan fingerprint density at radius 3 is 2.76 bits per heavy atom.